The molecule has 0 amide bonds. The number of nitrogens with zero attached hydrogens (tertiary/aromatic N) is 3. The summed E-state index contributed by atoms with van der Waals surface area (Å²) in [6, 6.07) is 0. The van der Waals surface area contributed by atoms with Gasteiger partial charge in [0.1, 0.15) is 5.82 Å². The number of guanidine groups is 2. The van der Waals surface area contributed by atoms with Crippen LogP contribution in [0.1, 0.15) is 5.82 Å². The molecule has 0 spiro atoms. The zero-order valence-corrected chi connectivity index (χ0v) is 7.64. The normalized spacial score (nSPS) is 11.3. The molecule has 0 bridgehead atoms. The first-order valence-corrected chi connectivity index (χ1v) is 4.06. The van der Waals surface area contributed by atoms with Crippen LogP contribution in [0.3, 0.4) is 0 Å². The van der Waals surface area contributed by atoms with Crippen LogP contribution in [0.4, 0.5) is 0 Å². The lowest BCUT2D eigenvalue weighted by Crippen LogP contribution is -2.26. The highest BCUT2D eigenvalue weighted by Gasteiger charge is 1.93. The van der Waals surface area contributed by atoms with Crippen LogP contribution >= 0.6 is 0 Å². The number of nitrogens with two attached hydrogens (primary N) is 3. The summed E-state index contributed by atoms with van der Waals surface area (Å²) in [5.74, 6) is 0.840. The van der Waals surface area contributed by atoms with E-state index in [0.29, 0.717) is 13.0 Å². The van der Waals surface area contributed by atoms with E-state index in [4.69, 9.17) is 17.2 Å². The van der Waals surface area contributed by atoms with Crippen LogP contribution in [-0.2, 0) is 6.42 Å². The number of aromatic nitrogens is 2. The topological polar surface area (TPSA) is 131 Å². The average Bonchev–Trinajstić information content (AvgIpc) is 2.55. The Bertz CT molecular complexity index is 320. The first-order chi connectivity index (χ1) is 6.68. The number of H-pyrrole nitrogens is 1. The maximum absolute atomic E-state index is 5.39. The molecule has 1 heterocycles. The van der Waals surface area contributed by atoms with Gasteiger partial charge in [0.25, 0.3) is 0 Å². The van der Waals surface area contributed by atoms with Crippen LogP contribution in [0.15, 0.2) is 22.4 Å². The Hall–Kier alpha value is -2.05. The molecule has 7 nitrogen and oxygen atoms in total. The SMILES string of the molecule is NC(N)=NC(N)=NCCc1ncc[nH]1. The van der Waals surface area contributed by atoms with E-state index in [-0.39, 0.29) is 11.9 Å². The van der Waals surface area contributed by atoms with Crippen molar-refractivity contribution in [3.8, 4) is 0 Å². The van der Waals surface area contributed by atoms with Crippen LogP contribution < -0.4 is 17.2 Å². The molecule has 0 aliphatic rings. The molecule has 0 aromatic carbocycles. The molecule has 0 aliphatic heterocycles. The van der Waals surface area contributed by atoms with Gasteiger partial charge < -0.3 is 22.2 Å². The van der Waals surface area contributed by atoms with Gasteiger partial charge in [-0.2, -0.15) is 4.99 Å². The quantitative estimate of drug-likeness (QED) is 0.346. The number of nitrogens with one attached hydrogen (secondary N) is 1. The Morgan fingerprint density at radius 2 is 2.21 bits per heavy atom. The van der Waals surface area contributed by atoms with Crippen molar-refractivity contribution in [3.63, 3.8) is 0 Å². The summed E-state index contributed by atoms with van der Waals surface area (Å²) < 4.78 is 0. The summed E-state index contributed by atoms with van der Waals surface area (Å²) in [4.78, 5) is 14.5. The minimum Gasteiger partial charge on any atom is -0.370 e. The predicted octanol–water partition coefficient (Wildman–Crippen LogP) is -1.46. The predicted molar refractivity (Wildman–Crippen MR) is 54.6 cm³/mol. The molecule has 1 aromatic heterocycles. The molecule has 0 fully saturated rings. The maximum atomic E-state index is 5.39. The highest BCUT2D eigenvalue weighted by Crippen LogP contribution is 1.90. The summed E-state index contributed by atoms with van der Waals surface area (Å²) in [6.45, 7) is 0.496. The second kappa shape index (κ2) is 4.85. The van der Waals surface area contributed by atoms with Crippen molar-refractivity contribution < 1.29 is 0 Å². The Morgan fingerprint density at radius 1 is 1.43 bits per heavy atom. The standard InChI is InChI=1S/C7H13N7/c8-6(9)14-7(10)13-2-1-5-11-3-4-12-5/h3-4H,1-2H2,(H,11,12)(H6,8,9,10,13,14). The van der Waals surface area contributed by atoms with E-state index in [0.717, 1.165) is 5.82 Å². The van der Waals surface area contributed by atoms with Crippen LogP contribution in [0.25, 0.3) is 0 Å². The number of aromatic amines is 1. The van der Waals surface area contributed by atoms with Crippen molar-refractivity contribution in [3.05, 3.63) is 18.2 Å². The third kappa shape index (κ3) is 3.57. The molecule has 14 heavy (non-hydrogen) atoms. The molecule has 0 unspecified atom stereocenters. The lowest BCUT2D eigenvalue weighted by molar-refractivity contribution is 0.891. The Labute approximate surface area is 81.1 Å². The van der Waals surface area contributed by atoms with Gasteiger partial charge in [-0.3, -0.25) is 4.99 Å². The van der Waals surface area contributed by atoms with Gasteiger partial charge in [-0.15, -0.1) is 0 Å². The molecule has 0 saturated carbocycles. The Balaban J connectivity index is 2.37. The highest BCUT2D eigenvalue weighted by atomic mass is 15.1. The Kier molecular flexibility index (Phi) is 3.48. The van der Waals surface area contributed by atoms with E-state index in [1.54, 1.807) is 12.4 Å². The zero-order chi connectivity index (χ0) is 10.4. The molecule has 0 aliphatic carbocycles. The molecular weight excluding hydrogens is 182 g/mol. The van der Waals surface area contributed by atoms with Gasteiger partial charge in [0.15, 0.2) is 5.96 Å². The first-order valence-electron chi connectivity index (χ1n) is 4.06. The van der Waals surface area contributed by atoms with Crippen LogP contribution in [0, 0.1) is 0 Å². The van der Waals surface area contributed by atoms with Gasteiger partial charge in [0, 0.05) is 25.4 Å². The number of imidazole rings is 1. The van der Waals surface area contributed by atoms with Crippen molar-refractivity contribution in [2.45, 2.75) is 6.42 Å². The molecule has 76 valence electrons. The minimum absolute atomic E-state index is 0.0801. The van der Waals surface area contributed by atoms with Crippen molar-refractivity contribution in [1.29, 1.82) is 0 Å². The summed E-state index contributed by atoms with van der Waals surface area (Å²) in [5.41, 5.74) is 15.6. The van der Waals surface area contributed by atoms with Crippen LogP contribution in [0.5, 0.6) is 0 Å². The van der Waals surface area contributed by atoms with Crippen molar-refractivity contribution >= 4 is 11.9 Å². The summed E-state index contributed by atoms with van der Waals surface area (Å²) in [5, 5.41) is 0. The van der Waals surface area contributed by atoms with E-state index < -0.39 is 0 Å². The molecular formula is C7H13N7. The van der Waals surface area contributed by atoms with E-state index >= 15 is 0 Å². The average molecular weight is 195 g/mol. The lowest BCUT2D eigenvalue weighted by Gasteiger charge is -1.94. The molecule has 1 rings (SSSR count). The van der Waals surface area contributed by atoms with Crippen LogP contribution in [-0.4, -0.2) is 28.4 Å². The summed E-state index contributed by atoms with van der Waals surface area (Å²) >= 11 is 0. The monoisotopic (exact) mass is 195 g/mol. The fourth-order valence-corrected chi connectivity index (χ4v) is 0.879. The largest absolute Gasteiger partial charge is 0.370 e. The third-order valence-corrected chi connectivity index (χ3v) is 1.42. The van der Waals surface area contributed by atoms with E-state index in [1.165, 1.54) is 0 Å². The smallest absolute Gasteiger partial charge is 0.218 e. The highest BCUT2D eigenvalue weighted by molar-refractivity contribution is 5.92. The Morgan fingerprint density at radius 3 is 2.79 bits per heavy atom. The van der Waals surface area contributed by atoms with Crippen molar-refractivity contribution in [2.75, 3.05) is 6.54 Å². The molecule has 7 N–H and O–H groups in total. The second-order valence-corrected chi connectivity index (χ2v) is 2.56. The van der Waals surface area contributed by atoms with Gasteiger partial charge in [-0.05, 0) is 0 Å². The lowest BCUT2D eigenvalue weighted by atomic mass is 10.4. The van der Waals surface area contributed by atoms with Crippen LogP contribution in [0.2, 0.25) is 0 Å². The second-order valence-electron chi connectivity index (χ2n) is 2.56. The summed E-state index contributed by atoms with van der Waals surface area (Å²) in [7, 11) is 0. The van der Waals surface area contributed by atoms with Crippen molar-refractivity contribution in [2.24, 2.45) is 27.2 Å². The number of aliphatic imine (C=N–C) groups is 2. The third-order valence-electron chi connectivity index (χ3n) is 1.42. The number of hydrogen-bond donors (Lipinski definition) is 4. The molecule has 0 radical (unpaired) electrons. The van der Waals surface area contributed by atoms with Gasteiger partial charge in [-0.1, -0.05) is 0 Å². The van der Waals surface area contributed by atoms with Gasteiger partial charge in [0.2, 0.25) is 5.96 Å². The summed E-state index contributed by atoms with van der Waals surface area (Å²) in [6.07, 6.45) is 4.10. The van der Waals surface area contributed by atoms with E-state index in [1.807, 2.05) is 0 Å². The molecule has 7 heteroatoms. The first kappa shape index (κ1) is 10.0. The fraction of sp³-hybridized carbons (Fsp3) is 0.286. The maximum Gasteiger partial charge on any atom is 0.218 e. The number of rotatable bonds is 3. The van der Waals surface area contributed by atoms with Crippen molar-refractivity contribution in [1.82, 2.24) is 9.97 Å². The van der Waals surface area contributed by atoms with Gasteiger partial charge >= 0.3 is 0 Å². The van der Waals surface area contributed by atoms with Gasteiger partial charge in [-0.25, -0.2) is 4.98 Å². The molecule has 0 atom stereocenters. The van der Waals surface area contributed by atoms with E-state index in [2.05, 4.69) is 20.0 Å². The fourth-order valence-electron chi connectivity index (χ4n) is 0.879. The van der Waals surface area contributed by atoms with E-state index in [9.17, 15) is 0 Å². The number of hydrogen-bond acceptors (Lipinski definition) is 2. The molecule has 1 aromatic rings. The molecule has 0 saturated heterocycles. The zero-order valence-electron chi connectivity index (χ0n) is 7.64. The van der Waals surface area contributed by atoms with Gasteiger partial charge in [0.05, 0.1) is 0 Å². The minimum atomic E-state index is -0.0933.